The largest absolute Gasteiger partial charge is 0.434 e. The molecule has 0 saturated heterocycles. The van der Waals surface area contributed by atoms with Gasteiger partial charge in [0.15, 0.2) is 0 Å². The lowest BCUT2D eigenvalue weighted by Crippen LogP contribution is -2.39. The molecule has 1 rings (SSSR count). The molecule has 0 aromatic heterocycles. The number of para-hydroxylation sites is 1. The Morgan fingerprint density at radius 1 is 1.36 bits per heavy atom. The van der Waals surface area contributed by atoms with Crippen molar-refractivity contribution in [1.29, 1.82) is 0 Å². The van der Waals surface area contributed by atoms with Crippen LogP contribution in [0.4, 0.5) is 13.6 Å². The number of rotatable bonds is 8. The Balaban J connectivity index is 2.71. The fourth-order valence-electron chi connectivity index (χ4n) is 1.89. The minimum atomic E-state index is -2.92. The molecule has 2 amide bonds. The highest BCUT2D eigenvalue weighted by Crippen LogP contribution is 2.28. The monoisotopic (exact) mass is 334 g/mol. The molecular formula is C14H20F2N2O3S. The highest BCUT2D eigenvalue weighted by atomic mass is 32.2. The van der Waals surface area contributed by atoms with E-state index < -0.39 is 29.5 Å². The van der Waals surface area contributed by atoms with Gasteiger partial charge in [0.05, 0.1) is 6.04 Å². The zero-order valence-electron chi connectivity index (χ0n) is 12.5. The quantitative estimate of drug-likeness (QED) is 0.767. The summed E-state index contributed by atoms with van der Waals surface area (Å²) in [5, 5.41) is 5.27. The van der Waals surface area contributed by atoms with Crippen molar-refractivity contribution in [2.75, 3.05) is 18.6 Å². The molecule has 0 aliphatic rings. The third-order valence-corrected chi connectivity index (χ3v) is 3.68. The Hall–Kier alpha value is -1.70. The van der Waals surface area contributed by atoms with Crippen LogP contribution in [0.5, 0.6) is 5.75 Å². The lowest BCUT2D eigenvalue weighted by molar-refractivity contribution is -0.0506. The summed E-state index contributed by atoms with van der Waals surface area (Å²) in [6.45, 7) is -0.821. The SMILES string of the molecule is CC[C@@H](NC(=O)NCC[S@@](C)=O)c1ccccc1OC(F)F. The van der Waals surface area contributed by atoms with Gasteiger partial charge in [-0.05, 0) is 12.5 Å². The third-order valence-electron chi connectivity index (χ3n) is 2.90. The zero-order valence-corrected chi connectivity index (χ0v) is 13.3. The number of halogens is 2. The number of carbonyl (C=O) groups excluding carboxylic acids is 1. The van der Waals surface area contributed by atoms with E-state index in [0.717, 1.165) is 0 Å². The molecule has 1 aromatic carbocycles. The molecule has 5 nitrogen and oxygen atoms in total. The maximum absolute atomic E-state index is 12.4. The lowest BCUT2D eigenvalue weighted by atomic mass is 10.0. The Labute approximate surface area is 130 Å². The topological polar surface area (TPSA) is 67.4 Å². The number of benzene rings is 1. The van der Waals surface area contributed by atoms with Gasteiger partial charge in [-0.2, -0.15) is 8.78 Å². The van der Waals surface area contributed by atoms with Crippen molar-refractivity contribution in [2.45, 2.75) is 26.0 Å². The van der Waals surface area contributed by atoms with Gasteiger partial charge in [0.25, 0.3) is 0 Å². The maximum atomic E-state index is 12.4. The first kappa shape index (κ1) is 18.3. The summed E-state index contributed by atoms with van der Waals surface area (Å²) in [6.07, 6.45) is 2.06. The smallest absolute Gasteiger partial charge is 0.387 e. The standard InChI is InChI=1S/C14H20F2N2O3S/c1-3-11(18-14(19)17-8-9-22(2)20)10-6-4-5-7-12(10)21-13(15)16/h4-7,11,13H,3,8-9H2,1-2H3,(H2,17,18,19)/t11-,22-/m1/s1. The predicted octanol–water partition coefficient (Wildman–Crippen LogP) is 2.42. The molecule has 0 fully saturated rings. The molecule has 0 heterocycles. The predicted molar refractivity (Wildman–Crippen MR) is 81.6 cm³/mol. The van der Waals surface area contributed by atoms with Crippen LogP contribution in [0.1, 0.15) is 24.9 Å². The van der Waals surface area contributed by atoms with Gasteiger partial charge in [0.2, 0.25) is 0 Å². The fourth-order valence-corrected chi connectivity index (χ4v) is 2.28. The zero-order chi connectivity index (χ0) is 16.5. The molecule has 124 valence electrons. The first-order valence-electron chi connectivity index (χ1n) is 6.82. The third kappa shape index (κ3) is 6.38. The van der Waals surface area contributed by atoms with E-state index in [1.54, 1.807) is 24.5 Å². The molecule has 22 heavy (non-hydrogen) atoms. The second-order valence-corrected chi connectivity index (χ2v) is 6.11. The minimum absolute atomic E-state index is 0.0410. The molecule has 0 bridgehead atoms. The van der Waals surface area contributed by atoms with Gasteiger partial charge in [-0.25, -0.2) is 4.79 Å². The van der Waals surface area contributed by atoms with E-state index in [2.05, 4.69) is 15.4 Å². The average Bonchev–Trinajstić information content (AvgIpc) is 2.44. The summed E-state index contributed by atoms with van der Waals surface area (Å²) in [5.74, 6) is 0.397. The summed E-state index contributed by atoms with van der Waals surface area (Å²) in [4.78, 5) is 11.8. The van der Waals surface area contributed by atoms with Gasteiger partial charge in [-0.15, -0.1) is 0 Å². The number of hydrogen-bond acceptors (Lipinski definition) is 3. The second kappa shape index (κ2) is 9.34. The van der Waals surface area contributed by atoms with E-state index in [1.807, 2.05) is 6.92 Å². The van der Waals surface area contributed by atoms with Crippen molar-refractivity contribution in [3.05, 3.63) is 29.8 Å². The van der Waals surface area contributed by atoms with Crippen molar-refractivity contribution in [3.63, 3.8) is 0 Å². The van der Waals surface area contributed by atoms with Crippen LogP contribution >= 0.6 is 0 Å². The van der Waals surface area contributed by atoms with Gasteiger partial charge in [-0.3, -0.25) is 4.21 Å². The molecule has 0 radical (unpaired) electrons. The summed E-state index contributed by atoms with van der Waals surface area (Å²) in [5.41, 5.74) is 0.486. The van der Waals surface area contributed by atoms with Gasteiger partial charge in [-0.1, -0.05) is 25.1 Å². The molecule has 0 aliphatic carbocycles. The number of nitrogens with one attached hydrogen (secondary N) is 2. The van der Waals surface area contributed by atoms with Crippen molar-refractivity contribution in [1.82, 2.24) is 10.6 Å². The van der Waals surface area contributed by atoms with E-state index in [0.29, 0.717) is 17.7 Å². The van der Waals surface area contributed by atoms with Crippen molar-refractivity contribution >= 4 is 16.8 Å². The van der Waals surface area contributed by atoms with Crippen LogP contribution in [0.15, 0.2) is 24.3 Å². The van der Waals surface area contributed by atoms with Gasteiger partial charge < -0.3 is 15.4 Å². The average molecular weight is 334 g/mol. The minimum Gasteiger partial charge on any atom is -0.434 e. The number of hydrogen-bond donors (Lipinski definition) is 2. The summed E-state index contributed by atoms with van der Waals surface area (Å²) in [6, 6.07) is 5.45. The molecule has 2 N–H and O–H groups in total. The molecule has 2 atom stereocenters. The summed E-state index contributed by atoms with van der Waals surface area (Å²) in [7, 11) is -0.989. The molecule has 0 aliphatic heterocycles. The van der Waals surface area contributed by atoms with Crippen LogP contribution in [0.3, 0.4) is 0 Å². The van der Waals surface area contributed by atoms with Crippen LogP contribution < -0.4 is 15.4 Å². The number of ether oxygens (including phenoxy) is 1. The van der Waals surface area contributed by atoms with Crippen molar-refractivity contribution in [3.8, 4) is 5.75 Å². The van der Waals surface area contributed by atoms with Gasteiger partial charge in [0, 0.05) is 34.9 Å². The van der Waals surface area contributed by atoms with Crippen LogP contribution in [0, 0.1) is 0 Å². The highest BCUT2D eigenvalue weighted by Gasteiger charge is 2.18. The van der Waals surface area contributed by atoms with E-state index >= 15 is 0 Å². The van der Waals surface area contributed by atoms with E-state index in [4.69, 9.17) is 0 Å². The Kier molecular flexibility index (Phi) is 7.79. The van der Waals surface area contributed by atoms with Crippen molar-refractivity contribution in [2.24, 2.45) is 0 Å². The Bertz CT molecular complexity index is 515. The first-order valence-corrected chi connectivity index (χ1v) is 8.54. The maximum Gasteiger partial charge on any atom is 0.387 e. The van der Waals surface area contributed by atoms with E-state index in [9.17, 15) is 17.8 Å². The van der Waals surface area contributed by atoms with Crippen LogP contribution in [0.25, 0.3) is 0 Å². The molecule has 0 saturated carbocycles. The molecule has 0 spiro atoms. The van der Waals surface area contributed by atoms with Crippen LogP contribution in [-0.4, -0.2) is 35.4 Å². The molecule has 0 unspecified atom stereocenters. The van der Waals surface area contributed by atoms with Gasteiger partial charge >= 0.3 is 12.6 Å². The molecule has 1 aromatic rings. The highest BCUT2D eigenvalue weighted by molar-refractivity contribution is 7.84. The van der Waals surface area contributed by atoms with Crippen LogP contribution in [0.2, 0.25) is 0 Å². The molecular weight excluding hydrogens is 314 g/mol. The number of carbonyl (C=O) groups is 1. The van der Waals surface area contributed by atoms with E-state index in [-0.39, 0.29) is 12.3 Å². The Morgan fingerprint density at radius 2 is 2.05 bits per heavy atom. The number of alkyl halides is 2. The first-order chi connectivity index (χ1) is 10.4. The second-order valence-electron chi connectivity index (χ2n) is 4.55. The summed E-state index contributed by atoms with van der Waals surface area (Å²) < 4.78 is 40.2. The van der Waals surface area contributed by atoms with Crippen LogP contribution in [-0.2, 0) is 10.8 Å². The fraction of sp³-hybridized carbons (Fsp3) is 0.500. The van der Waals surface area contributed by atoms with Crippen molar-refractivity contribution < 1.29 is 22.5 Å². The number of amides is 2. The lowest BCUT2D eigenvalue weighted by Gasteiger charge is -2.20. The summed E-state index contributed by atoms with van der Waals surface area (Å²) >= 11 is 0. The van der Waals surface area contributed by atoms with E-state index in [1.165, 1.54) is 6.07 Å². The normalized spacial score (nSPS) is 13.5. The Morgan fingerprint density at radius 3 is 2.64 bits per heavy atom. The molecule has 8 heteroatoms. The van der Waals surface area contributed by atoms with Gasteiger partial charge in [0.1, 0.15) is 5.75 Å². The number of urea groups is 1.